The van der Waals surface area contributed by atoms with Crippen LogP contribution in [-0.4, -0.2) is 19.1 Å². The van der Waals surface area contributed by atoms with E-state index in [1.807, 2.05) is 24.3 Å². The summed E-state index contributed by atoms with van der Waals surface area (Å²) in [5, 5.41) is 12.6. The summed E-state index contributed by atoms with van der Waals surface area (Å²) in [6.45, 7) is 7.34. The first kappa shape index (κ1) is 15.6. The number of nitriles is 1. The Morgan fingerprint density at radius 3 is 2.65 bits per heavy atom. The van der Waals surface area contributed by atoms with Crippen molar-refractivity contribution < 1.29 is 0 Å². The van der Waals surface area contributed by atoms with Crippen LogP contribution in [0.25, 0.3) is 0 Å². The zero-order valence-corrected chi connectivity index (χ0v) is 13.8. The number of hydrogen-bond acceptors (Lipinski definition) is 3. The van der Waals surface area contributed by atoms with E-state index < -0.39 is 0 Å². The third-order valence-corrected chi connectivity index (χ3v) is 4.63. The topological polar surface area (TPSA) is 39.1 Å². The van der Waals surface area contributed by atoms with Gasteiger partial charge in [0.05, 0.1) is 11.6 Å². The Morgan fingerprint density at radius 2 is 1.96 bits per heavy atom. The molecule has 2 aromatic rings. The molecular formula is C20H23N3. The second kappa shape index (κ2) is 6.85. The van der Waals surface area contributed by atoms with Gasteiger partial charge in [-0.25, -0.2) is 0 Å². The first-order valence-corrected chi connectivity index (χ1v) is 8.20. The number of aryl methyl sites for hydroxylation is 2. The van der Waals surface area contributed by atoms with Crippen LogP contribution < -0.4 is 10.2 Å². The summed E-state index contributed by atoms with van der Waals surface area (Å²) in [6, 6.07) is 17.2. The van der Waals surface area contributed by atoms with Gasteiger partial charge in [0.15, 0.2) is 0 Å². The van der Waals surface area contributed by atoms with Crippen LogP contribution in [0.2, 0.25) is 0 Å². The summed E-state index contributed by atoms with van der Waals surface area (Å²) >= 11 is 0. The van der Waals surface area contributed by atoms with E-state index >= 15 is 0 Å². The highest BCUT2D eigenvalue weighted by molar-refractivity contribution is 5.50. The van der Waals surface area contributed by atoms with Crippen LogP contribution in [0.4, 0.5) is 5.69 Å². The quantitative estimate of drug-likeness (QED) is 0.939. The van der Waals surface area contributed by atoms with Crippen LogP contribution in [-0.2, 0) is 6.54 Å². The van der Waals surface area contributed by atoms with E-state index in [0.717, 1.165) is 31.6 Å². The first-order valence-electron chi connectivity index (χ1n) is 8.20. The lowest BCUT2D eigenvalue weighted by Gasteiger charge is -2.19. The smallest absolute Gasteiger partial charge is 0.0991 e. The average molecular weight is 305 g/mol. The molecule has 0 spiro atoms. The minimum atomic E-state index is 0.520. The first-order chi connectivity index (χ1) is 11.2. The van der Waals surface area contributed by atoms with E-state index in [-0.39, 0.29) is 0 Å². The summed E-state index contributed by atoms with van der Waals surface area (Å²) in [5.74, 6) is 0. The van der Waals surface area contributed by atoms with Gasteiger partial charge < -0.3 is 10.2 Å². The largest absolute Gasteiger partial charge is 0.370 e. The van der Waals surface area contributed by atoms with Gasteiger partial charge in [0.1, 0.15) is 0 Å². The molecule has 3 nitrogen and oxygen atoms in total. The van der Waals surface area contributed by atoms with Crippen molar-refractivity contribution in [1.29, 1.82) is 5.26 Å². The van der Waals surface area contributed by atoms with Crippen LogP contribution >= 0.6 is 0 Å². The van der Waals surface area contributed by atoms with E-state index in [4.69, 9.17) is 5.26 Å². The molecule has 0 radical (unpaired) electrons. The Labute approximate surface area is 138 Å². The zero-order chi connectivity index (χ0) is 16.2. The van der Waals surface area contributed by atoms with Crippen LogP contribution in [0, 0.1) is 25.2 Å². The highest BCUT2D eigenvalue weighted by Gasteiger charge is 2.22. The lowest BCUT2D eigenvalue weighted by molar-refractivity contribution is 0.550. The van der Waals surface area contributed by atoms with Crippen LogP contribution in [0.3, 0.4) is 0 Å². The van der Waals surface area contributed by atoms with Gasteiger partial charge in [-0.2, -0.15) is 5.26 Å². The number of hydrogen-bond donors (Lipinski definition) is 1. The molecule has 1 saturated heterocycles. The average Bonchev–Trinajstić information content (AvgIpc) is 3.03. The highest BCUT2D eigenvalue weighted by Crippen LogP contribution is 2.21. The predicted molar refractivity (Wildman–Crippen MR) is 94.5 cm³/mol. The van der Waals surface area contributed by atoms with Crippen molar-refractivity contribution in [1.82, 2.24) is 5.32 Å². The van der Waals surface area contributed by atoms with Gasteiger partial charge in [-0.05, 0) is 55.7 Å². The van der Waals surface area contributed by atoms with E-state index in [1.165, 1.54) is 22.4 Å². The van der Waals surface area contributed by atoms with E-state index in [1.54, 1.807) is 0 Å². The van der Waals surface area contributed by atoms with Crippen LogP contribution in [0.5, 0.6) is 0 Å². The lowest BCUT2D eigenvalue weighted by atomic mass is 10.1. The summed E-state index contributed by atoms with van der Waals surface area (Å²) in [5.41, 5.74) is 5.99. The molecule has 1 aliphatic rings. The Balaban J connectivity index is 1.56. The molecule has 1 unspecified atom stereocenters. The number of benzene rings is 2. The van der Waals surface area contributed by atoms with Crippen molar-refractivity contribution in [2.24, 2.45) is 0 Å². The molecule has 0 amide bonds. The predicted octanol–water partition coefficient (Wildman–Crippen LogP) is 3.54. The molecule has 1 heterocycles. The van der Waals surface area contributed by atoms with Crippen molar-refractivity contribution in [2.45, 2.75) is 32.9 Å². The summed E-state index contributed by atoms with van der Waals surface area (Å²) < 4.78 is 0. The SMILES string of the molecule is Cc1ccc(CNC2CCN(c3ccc(C#N)cc3)C2)c(C)c1. The summed E-state index contributed by atoms with van der Waals surface area (Å²) in [4.78, 5) is 2.39. The molecule has 0 aliphatic carbocycles. The fourth-order valence-corrected chi connectivity index (χ4v) is 3.21. The molecule has 1 atom stereocenters. The molecule has 1 fully saturated rings. The molecule has 0 saturated carbocycles. The van der Waals surface area contributed by atoms with E-state index in [0.29, 0.717) is 6.04 Å². The number of anilines is 1. The second-order valence-corrected chi connectivity index (χ2v) is 6.40. The van der Waals surface area contributed by atoms with Gasteiger partial charge >= 0.3 is 0 Å². The Hall–Kier alpha value is -2.31. The summed E-state index contributed by atoms with van der Waals surface area (Å²) in [7, 11) is 0. The van der Waals surface area contributed by atoms with Crippen molar-refractivity contribution in [3.8, 4) is 6.07 Å². The molecular weight excluding hydrogens is 282 g/mol. The maximum Gasteiger partial charge on any atom is 0.0991 e. The van der Waals surface area contributed by atoms with Crippen molar-refractivity contribution >= 4 is 5.69 Å². The second-order valence-electron chi connectivity index (χ2n) is 6.40. The van der Waals surface area contributed by atoms with E-state index in [9.17, 15) is 0 Å². The van der Waals surface area contributed by atoms with Crippen LogP contribution in [0.15, 0.2) is 42.5 Å². The molecule has 2 aromatic carbocycles. The van der Waals surface area contributed by atoms with Gasteiger partial charge in [0.25, 0.3) is 0 Å². The molecule has 0 aromatic heterocycles. The molecule has 118 valence electrons. The monoisotopic (exact) mass is 305 g/mol. The van der Waals surface area contributed by atoms with Gasteiger partial charge in [-0.15, -0.1) is 0 Å². The van der Waals surface area contributed by atoms with E-state index in [2.05, 4.69) is 48.3 Å². The maximum absolute atomic E-state index is 8.88. The maximum atomic E-state index is 8.88. The molecule has 23 heavy (non-hydrogen) atoms. The summed E-state index contributed by atoms with van der Waals surface area (Å²) in [6.07, 6.45) is 1.16. The standard InChI is InChI=1S/C20H23N3/c1-15-3-6-18(16(2)11-15)13-22-19-9-10-23(14-19)20-7-4-17(12-21)5-8-20/h3-8,11,19,22H,9-10,13-14H2,1-2H3. The molecule has 0 bridgehead atoms. The van der Waals surface area contributed by atoms with Crippen LogP contribution in [0.1, 0.15) is 28.7 Å². The van der Waals surface area contributed by atoms with Crippen molar-refractivity contribution in [2.75, 3.05) is 18.0 Å². The third-order valence-electron chi connectivity index (χ3n) is 4.63. The normalized spacial score (nSPS) is 17.3. The minimum absolute atomic E-state index is 0.520. The Bertz CT molecular complexity index is 713. The highest BCUT2D eigenvalue weighted by atomic mass is 15.2. The molecule has 3 heteroatoms. The number of rotatable bonds is 4. The van der Waals surface area contributed by atoms with Gasteiger partial charge in [-0.3, -0.25) is 0 Å². The van der Waals surface area contributed by atoms with Gasteiger partial charge in [0, 0.05) is 31.4 Å². The van der Waals surface area contributed by atoms with Crippen molar-refractivity contribution in [3.05, 3.63) is 64.7 Å². The molecule has 3 rings (SSSR count). The Kier molecular flexibility index (Phi) is 4.64. The lowest BCUT2D eigenvalue weighted by Crippen LogP contribution is -2.32. The van der Waals surface area contributed by atoms with Crippen molar-refractivity contribution in [3.63, 3.8) is 0 Å². The zero-order valence-electron chi connectivity index (χ0n) is 13.8. The Morgan fingerprint density at radius 1 is 1.17 bits per heavy atom. The molecule has 1 N–H and O–H groups in total. The fourth-order valence-electron chi connectivity index (χ4n) is 3.21. The number of nitrogens with zero attached hydrogens (tertiary/aromatic N) is 2. The molecule has 1 aliphatic heterocycles. The third kappa shape index (κ3) is 3.72. The fraction of sp³-hybridized carbons (Fsp3) is 0.350. The van der Waals surface area contributed by atoms with Gasteiger partial charge in [0.2, 0.25) is 0 Å². The van der Waals surface area contributed by atoms with Gasteiger partial charge in [-0.1, -0.05) is 23.8 Å². The minimum Gasteiger partial charge on any atom is -0.370 e. The number of nitrogens with one attached hydrogen (secondary N) is 1.